The van der Waals surface area contributed by atoms with Crippen LogP contribution < -0.4 is 10.6 Å². The highest BCUT2D eigenvalue weighted by molar-refractivity contribution is 5.36. The van der Waals surface area contributed by atoms with Gasteiger partial charge in [-0.25, -0.2) is 4.68 Å². The molecule has 2 aliphatic rings. The van der Waals surface area contributed by atoms with Crippen molar-refractivity contribution in [2.45, 2.75) is 69.2 Å². The van der Waals surface area contributed by atoms with Crippen molar-refractivity contribution in [2.24, 2.45) is 12.8 Å². The Morgan fingerprint density at radius 2 is 1.89 bits per heavy atom. The molecule has 27 heavy (non-hydrogen) atoms. The van der Waals surface area contributed by atoms with Gasteiger partial charge in [0.05, 0.1) is 18.8 Å². The molecular weight excluding hydrogens is 340 g/mol. The number of benzene rings is 1. The van der Waals surface area contributed by atoms with Crippen LogP contribution in [0.4, 0.5) is 5.95 Å². The van der Waals surface area contributed by atoms with Crippen LogP contribution in [0.1, 0.15) is 50.5 Å². The molecule has 2 N–H and O–H groups in total. The lowest BCUT2D eigenvalue weighted by Crippen LogP contribution is -2.46. The van der Waals surface area contributed by atoms with E-state index in [2.05, 4.69) is 57.7 Å². The van der Waals surface area contributed by atoms with Gasteiger partial charge < -0.3 is 15.4 Å². The maximum atomic E-state index is 6.43. The Balaban J connectivity index is 1.34. The lowest BCUT2D eigenvalue weighted by molar-refractivity contribution is 0.0158. The van der Waals surface area contributed by atoms with Crippen LogP contribution >= 0.6 is 0 Å². The van der Waals surface area contributed by atoms with Crippen molar-refractivity contribution < 1.29 is 4.74 Å². The number of nitrogens with two attached hydrogens (primary N) is 1. The quantitative estimate of drug-likeness (QED) is 0.869. The molecule has 4 rings (SSSR count). The normalized spacial score (nSPS) is 31.4. The predicted molar refractivity (Wildman–Crippen MR) is 105 cm³/mol. The van der Waals surface area contributed by atoms with Gasteiger partial charge in [0.1, 0.15) is 0 Å². The highest BCUT2D eigenvalue weighted by Crippen LogP contribution is 2.35. The van der Waals surface area contributed by atoms with E-state index in [1.807, 2.05) is 7.05 Å². The fourth-order valence-electron chi connectivity index (χ4n) is 4.71. The van der Waals surface area contributed by atoms with Gasteiger partial charge in [-0.3, -0.25) is 0 Å². The summed E-state index contributed by atoms with van der Waals surface area (Å²) >= 11 is 0. The number of ether oxygens (including phenoxy) is 1. The van der Waals surface area contributed by atoms with Crippen LogP contribution in [0.25, 0.3) is 0 Å². The second-order valence-electron chi connectivity index (χ2n) is 8.04. The first kappa shape index (κ1) is 18.4. The average molecular weight is 371 g/mol. The van der Waals surface area contributed by atoms with E-state index < -0.39 is 0 Å². The molecule has 2 fully saturated rings. The molecule has 2 heterocycles. The molecule has 7 heteroatoms. The zero-order valence-electron chi connectivity index (χ0n) is 16.2. The van der Waals surface area contributed by atoms with Crippen molar-refractivity contribution in [1.29, 1.82) is 0 Å². The smallest absolute Gasteiger partial charge is 0.245 e. The fourth-order valence-corrected chi connectivity index (χ4v) is 4.71. The molecule has 0 spiro atoms. The van der Waals surface area contributed by atoms with E-state index in [-0.39, 0.29) is 12.1 Å². The number of hydrogen-bond donors (Lipinski definition) is 1. The molecule has 2 aromatic rings. The second kappa shape index (κ2) is 7.94. The minimum absolute atomic E-state index is 0.0809. The number of aromatic nitrogens is 4. The van der Waals surface area contributed by atoms with Crippen LogP contribution in [0.3, 0.4) is 0 Å². The van der Waals surface area contributed by atoms with Gasteiger partial charge in [0, 0.05) is 19.1 Å². The largest absolute Gasteiger partial charge is 0.376 e. The molecule has 0 amide bonds. The first-order valence-electron chi connectivity index (χ1n) is 10.1. The van der Waals surface area contributed by atoms with E-state index in [0.29, 0.717) is 24.7 Å². The summed E-state index contributed by atoms with van der Waals surface area (Å²) in [6.45, 7) is 2.82. The van der Waals surface area contributed by atoms with Crippen LogP contribution in [-0.4, -0.2) is 51.0 Å². The van der Waals surface area contributed by atoms with Crippen molar-refractivity contribution in [3.8, 4) is 0 Å². The SMILES string of the molecule is C[C@@H]1C[C@H](N)[C@H](COC2CCC(c3ccccc3)CC2)N1c1nnnn1C. The molecule has 0 unspecified atom stereocenters. The van der Waals surface area contributed by atoms with Crippen molar-refractivity contribution in [1.82, 2.24) is 20.2 Å². The third-order valence-corrected chi connectivity index (χ3v) is 6.22. The Morgan fingerprint density at radius 1 is 1.15 bits per heavy atom. The number of rotatable bonds is 5. The molecule has 0 radical (unpaired) electrons. The van der Waals surface area contributed by atoms with Crippen molar-refractivity contribution in [3.05, 3.63) is 35.9 Å². The number of aryl methyl sites for hydroxylation is 1. The molecule has 7 nitrogen and oxygen atoms in total. The van der Waals surface area contributed by atoms with Gasteiger partial charge in [-0.05, 0) is 60.9 Å². The summed E-state index contributed by atoms with van der Waals surface area (Å²) in [5.41, 5.74) is 7.89. The van der Waals surface area contributed by atoms with Crippen LogP contribution in [-0.2, 0) is 11.8 Å². The summed E-state index contributed by atoms with van der Waals surface area (Å²) in [5, 5.41) is 11.9. The number of hydrogen-bond acceptors (Lipinski definition) is 6. The summed E-state index contributed by atoms with van der Waals surface area (Å²) in [5.74, 6) is 1.44. The zero-order chi connectivity index (χ0) is 18.8. The highest BCUT2D eigenvalue weighted by atomic mass is 16.5. The van der Waals surface area contributed by atoms with Gasteiger partial charge in [-0.15, -0.1) is 0 Å². The van der Waals surface area contributed by atoms with Crippen LogP contribution in [0.15, 0.2) is 30.3 Å². The standard InChI is InChI=1S/C20H30N6O/c1-14-12-18(21)19(26(14)20-22-23-24-25(20)2)13-27-17-10-8-16(9-11-17)15-6-4-3-5-7-15/h3-7,14,16-19H,8-13,21H2,1-2H3/t14-,16?,17?,18+,19+/m1/s1. The van der Waals surface area contributed by atoms with Crippen LogP contribution in [0.2, 0.25) is 0 Å². The van der Waals surface area contributed by atoms with Crippen LogP contribution in [0, 0.1) is 0 Å². The third kappa shape index (κ3) is 3.84. The third-order valence-electron chi connectivity index (χ3n) is 6.22. The summed E-state index contributed by atoms with van der Waals surface area (Å²) < 4.78 is 8.05. The first-order valence-corrected chi connectivity index (χ1v) is 10.1. The first-order chi connectivity index (χ1) is 13.1. The van der Waals surface area contributed by atoms with E-state index in [1.54, 1.807) is 4.68 Å². The molecule has 1 aliphatic carbocycles. The molecule has 1 aliphatic heterocycles. The summed E-state index contributed by atoms with van der Waals surface area (Å²) in [4.78, 5) is 2.24. The molecule has 1 aromatic carbocycles. The molecular formula is C20H30N6O. The van der Waals surface area contributed by atoms with Gasteiger partial charge in [0.25, 0.3) is 0 Å². The number of anilines is 1. The minimum Gasteiger partial charge on any atom is -0.376 e. The second-order valence-corrected chi connectivity index (χ2v) is 8.04. The Labute approximate surface area is 160 Å². The number of nitrogens with zero attached hydrogens (tertiary/aromatic N) is 5. The van der Waals surface area contributed by atoms with Crippen LogP contribution in [0.5, 0.6) is 0 Å². The van der Waals surface area contributed by atoms with E-state index in [0.717, 1.165) is 25.2 Å². The van der Waals surface area contributed by atoms with Crippen molar-refractivity contribution >= 4 is 5.95 Å². The number of tetrazole rings is 1. The lowest BCUT2D eigenvalue weighted by Gasteiger charge is -2.33. The molecule has 1 aromatic heterocycles. The Morgan fingerprint density at radius 3 is 2.56 bits per heavy atom. The molecule has 3 atom stereocenters. The van der Waals surface area contributed by atoms with Crippen molar-refractivity contribution in [3.63, 3.8) is 0 Å². The van der Waals surface area contributed by atoms with E-state index >= 15 is 0 Å². The fraction of sp³-hybridized carbons (Fsp3) is 0.650. The summed E-state index contributed by atoms with van der Waals surface area (Å²) in [6, 6.07) is 11.4. The summed E-state index contributed by atoms with van der Waals surface area (Å²) in [6.07, 6.45) is 5.87. The van der Waals surface area contributed by atoms with Crippen molar-refractivity contribution in [2.75, 3.05) is 11.5 Å². The highest BCUT2D eigenvalue weighted by Gasteiger charge is 2.40. The maximum absolute atomic E-state index is 6.43. The monoisotopic (exact) mass is 370 g/mol. The van der Waals surface area contributed by atoms with E-state index in [1.165, 1.54) is 18.4 Å². The lowest BCUT2D eigenvalue weighted by atomic mass is 9.83. The molecule has 1 saturated carbocycles. The minimum atomic E-state index is 0.0809. The molecule has 0 bridgehead atoms. The van der Waals surface area contributed by atoms with Gasteiger partial charge >= 0.3 is 0 Å². The molecule has 1 saturated heterocycles. The Bertz CT molecular complexity index is 727. The topological polar surface area (TPSA) is 82.1 Å². The predicted octanol–water partition coefficient (Wildman–Crippen LogP) is 2.25. The summed E-state index contributed by atoms with van der Waals surface area (Å²) in [7, 11) is 1.87. The van der Waals surface area contributed by atoms with Gasteiger partial charge in [0.2, 0.25) is 5.95 Å². The van der Waals surface area contributed by atoms with E-state index in [9.17, 15) is 0 Å². The Hall–Kier alpha value is -1.99. The van der Waals surface area contributed by atoms with Gasteiger partial charge in [-0.1, -0.05) is 35.4 Å². The molecule has 146 valence electrons. The van der Waals surface area contributed by atoms with Gasteiger partial charge in [-0.2, -0.15) is 0 Å². The van der Waals surface area contributed by atoms with Gasteiger partial charge in [0.15, 0.2) is 0 Å². The Kier molecular flexibility index (Phi) is 5.41. The zero-order valence-corrected chi connectivity index (χ0v) is 16.2. The maximum Gasteiger partial charge on any atom is 0.245 e. The average Bonchev–Trinajstić information content (AvgIpc) is 3.22. The van der Waals surface area contributed by atoms with E-state index in [4.69, 9.17) is 10.5 Å².